The molecule has 0 spiro atoms. The minimum absolute atomic E-state index is 0.539. The van der Waals surface area contributed by atoms with Crippen molar-refractivity contribution in [3.8, 4) is 0 Å². The van der Waals surface area contributed by atoms with Gasteiger partial charge < -0.3 is 10.7 Å². The Kier molecular flexibility index (Phi) is 4.64. The Bertz CT molecular complexity index is 923. The van der Waals surface area contributed by atoms with Crippen LogP contribution in [0.3, 0.4) is 0 Å². The fourth-order valence-corrected chi connectivity index (χ4v) is 3.02. The summed E-state index contributed by atoms with van der Waals surface area (Å²) in [7, 11) is 1.87. The Hall–Kier alpha value is -3.13. The van der Waals surface area contributed by atoms with Gasteiger partial charge in [-0.3, -0.25) is 9.69 Å². The van der Waals surface area contributed by atoms with E-state index in [0.717, 1.165) is 35.6 Å². The van der Waals surface area contributed by atoms with Crippen molar-refractivity contribution in [1.29, 1.82) is 0 Å². The minimum atomic E-state index is 0.539. The number of allylic oxidation sites excluding steroid dienone is 4. The first-order valence-corrected chi connectivity index (χ1v) is 9.16. The van der Waals surface area contributed by atoms with Crippen LogP contribution in [0.1, 0.15) is 32.4 Å². The zero-order chi connectivity index (χ0) is 18.8. The molecule has 140 valence electrons. The normalized spacial score (nSPS) is 16.9. The molecular formula is C19H24N8. The van der Waals surface area contributed by atoms with Crippen molar-refractivity contribution in [1.82, 2.24) is 35.7 Å². The predicted octanol–water partition coefficient (Wildman–Crippen LogP) is 2.84. The van der Waals surface area contributed by atoms with E-state index < -0.39 is 0 Å². The molecule has 1 atom stereocenters. The molecule has 2 aromatic rings. The Morgan fingerprint density at radius 3 is 2.89 bits per heavy atom. The molecular weight excluding hydrogens is 340 g/mol. The lowest BCUT2D eigenvalue weighted by Crippen LogP contribution is -2.34. The predicted molar refractivity (Wildman–Crippen MR) is 105 cm³/mol. The van der Waals surface area contributed by atoms with Gasteiger partial charge in [0.1, 0.15) is 5.82 Å². The zero-order valence-corrected chi connectivity index (χ0v) is 15.8. The molecule has 2 aliphatic heterocycles. The van der Waals surface area contributed by atoms with Gasteiger partial charge >= 0.3 is 0 Å². The molecule has 8 nitrogen and oxygen atoms in total. The van der Waals surface area contributed by atoms with Gasteiger partial charge in [0.25, 0.3) is 0 Å². The largest absolute Gasteiger partial charge is 0.309 e. The topological polar surface area (TPSA) is 82.9 Å². The minimum Gasteiger partial charge on any atom is -0.309 e. The quantitative estimate of drug-likeness (QED) is 0.727. The summed E-state index contributed by atoms with van der Waals surface area (Å²) in [5, 5.41) is 9.34. The number of nitrogens with one attached hydrogen (secondary N) is 3. The van der Waals surface area contributed by atoms with E-state index >= 15 is 0 Å². The first kappa shape index (κ1) is 17.3. The third kappa shape index (κ3) is 3.56. The molecule has 2 aromatic heterocycles. The Morgan fingerprint density at radius 2 is 2.11 bits per heavy atom. The Labute approximate surface area is 158 Å². The van der Waals surface area contributed by atoms with E-state index in [1.807, 2.05) is 30.4 Å². The number of nitrogens with zero attached hydrogens (tertiary/aromatic N) is 5. The van der Waals surface area contributed by atoms with Crippen LogP contribution < -0.4 is 16.3 Å². The van der Waals surface area contributed by atoms with Gasteiger partial charge in [0.05, 0.1) is 23.3 Å². The maximum atomic E-state index is 4.63. The fourth-order valence-electron chi connectivity index (χ4n) is 3.02. The van der Waals surface area contributed by atoms with Crippen LogP contribution >= 0.6 is 0 Å². The number of hydrogen-bond donors (Lipinski definition) is 3. The molecule has 0 aromatic carbocycles. The second kappa shape index (κ2) is 7.24. The first-order chi connectivity index (χ1) is 13.1. The number of anilines is 2. The third-order valence-electron chi connectivity index (χ3n) is 4.85. The van der Waals surface area contributed by atoms with Gasteiger partial charge in [-0.25, -0.2) is 9.97 Å². The summed E-state index contributed by atoms with van der Waals surface area (Å²) in [4.78, 5) is 8.94. The van der Waals surface area contributed by atoms with E-state index in [9.17, 15) is 0 Å². The fraction of sp³-hybridized carbons (Fsp3) is 0.316. The molecule has 3 N–H and O–H groups in total. The van der Waals surface area contributed by atoms with Gasteiger partial charge in [-0.05, 0) is 30.6 Å². The van der Waals surface area contributed by atoms with Crippen molar-refractivity contribution in [2.45, 2.75) is 26.7 Å². The summed E-state index contributed by atoms with van der Waals surface area (Å²) in [5.41, 5.74) is 10.7. The van der Waals surface area contributed by atoms with E-state index in [1.165, 1.54) is 5.70 Å². The lowest BCUT2D eigenvalue weighted by Gasteiger charge is -2.19. The van der Waals surface area contributed by atoms with Crippen molar-refractivity contribution >= 4 is 17.3 Å². The van der Waals surface area contributed by atoms with E-state index in [4.69, 9.17) is 0 Å². The van der Waals surface area contributed by atoms with E-state index in [2.05, 4.69) is 57.3 Å². The molecule has 0 unspecified atom stereocenters. The van der Waals surface area contributed by atoms with Crippen molar-refractivity contribution in [2.75, 3.05) is 5.32 Å². The van der Waals surface area contributed by atoms with Crippen LogP contribution in [0, 0.1) is 5.92 Å². The molecule has 27 heavy (non-hydrogen) atoms. The maximum Gasteiger partial charge on any atom is 0.228 e. The van der Waals surface area contributed by atoms with Crippen molar-refractivity contribution in [3.63, 3.8) is 0 Å². The standard InChI is InChI=1S/C19H24N8/c1-4-13(2)11-16-17-6-5-14(12-27(17)25-24-16)15-7-9-20-19(22-15)23-18-8-10-21-26(18)3/h5-10,12-13,24-25H,4,11H2,1-3H3,(H,20,22,23)/t13-/m0/s1. The Balaban J connectivity index is 1.54. The molecule has 0 amide bonds. The van der Waals surface area contributed by atoms with Crippen molar-refractivity contribution < 1.29 is 0 Å². The average Bonchev–Trinajstić information content (AvgIpc) is 3.28. The van der Waals surface area contributed by atoms with Crippen LogP contribution in [0.15, 0.2) is 54.3 Å². The first-order valence-electron chi connectivity index (χ1n) is 9.16. The van der Waals surface area contributed by atoms with E-state index in [0.29, 0.717) is 11.9 Å². The summed E-state index contributed by atoms with van der Waals surface area (Å²) in [6, 6.07) is 3.79. The van der Waals surface area contributed by atoms with Crippen LogP contribution in [-0.2, 0) is 7.05 Å². The second-order valence-electron chi connectivity index (χ2n) is 6.84. The highest BCUT2D eigenvalue weighted by atomic mass is 15.7. The van der Waals surface area contributed by atoms with Crippen molar-refractivity contribution in [3.05, 3.63) is 60.0 Å². The number of hydrazine groups is 2. The molecule has 4 heterocycles. The number of rotatable bonds is 6. The van der Waals surface area contributed by atoms with Gasteiger partial charge in [0, 0.05) is 31.1 Å². The van der Waals surface area contributed by atoms with Crippen LogP contribution in [0.25, 0.3) is 5.57 Å². The van der Waals surface area contributed by atoms with E-state index in [-0.39, 0.29) is 0 Å². The highest BCUT2D eigenvalue weighted by molar-refractivity contribution is 5.74. The van der Waals surface area contributed by atoms with Crippen LogP contribution in [0.4, 0.5) is 11.8 Å². The van der Waals surface area contributed by atoms with Crippen LogP contribution in [-0.4, -0.2) is 24.8 Å². The molecule has 0 saturated heterocycles. The summed E-state index contributed by atoms with van der Waals surface area (Å²) in [6.45, 7) is 4.49. The molecule has 8 heteroatoms. The number of hydrogen-bond acceptors (Lipinski definition) is 7. The van der Waals surface area contributed by atoms with Crippen LogP contribution in [0.2, 0.25) is 0 Å². The van der Waals surface area contributed by atoms with Gasteiger partial charge in [0.15, 0.2) is 0 Å². The summed E-state index contributed by atoms with van der Waals surface area (Å²) in [5.74, 6) is 2.02. The number of aryl methyl sites for hydroxylation is 1. The highest BCUT2D eigenvalue weighted by Crippen LogP contribution is 2.28. The molecule has 2 aliphatic rings. The molecule has 0 fully saturated rings. The monoisotopic (exact) mass is 364 g/mol. The van der Waals surface area contributed by atoms with Crippen LogP contribution in [0.5, 0.6) is 0 Å². The Morgan fingerprint density at radius 1 is 1.22 bits per heavy atom. The highest BCUT2D eigenvalue weighted by Gasteiger charge is 2.23. The van der Waals surface area contributed by atoms with E-state index in [1.54, 1.807) is 17.1 Å². The summed E-state index contributed by atoms with van der Waals surface area (Å²) in [6.07, 6.45) is 11.9. The SMILES string of the molecule is CC[C@H](C)CC1=C2C=CC(c3ccnc(Nc4ccnn4C)n3)=CN2NN1. The van der Waals surface area contributed by atoms with Gasteiger partial charge in [0.2, 0.25) is 5.95 Å². The lowest BCUT2D eigenvalue weighted by molar-refractivity contribution is 0.347. The molecule has 0 bridgehead atoms. The smallest absolute Gasteiger partial charge is 0.228 e. The van der Waals surface area contributed by atoms with Crippen molar-refractivity contribution in [2.24, 2.45) is 13.0 Å². The second-order valence-corrected chi connectivity index (χ2v) is 6.84. The molecule has 0 aliphatic carbocycles. The number of aromatic nitrogens is 4. The maximum absolute atomic E-state index is 4.63. The summed E-state index contributed by atoms with van der Waals surface area (Å²) >= 11 is 0. The van der Waals surface area contributed by atoms with Gasteiger partial charge in [-0.15, -0.1) is 5.53 Å². The third-order valence-corrected chi connectivity index (χ3v) is 4.85. The molecule has 0 radical (unpaired) electrons. The summed E-state index contributed by atoms with van der Waals surface area (Å²) < 4.78 is 1.74. The average molecular weight is 364 g/mol. The van der Waals surface area contributed by atoms with Gasteiger partial charge in [-0.1, -0.05) is 20.3 Å². The molecule has 0 saturated carbocycles. The number of fused-ring (bicyclic) bond motifs is 1. The molecule has 4 rings (SSSR count). The zero-order valence-electron chi connectivity index (χ0n) is 15.8. The van der Waals surface area contributed by atoms with Gasteiger partial charge in [-0.2, -0.15) is 5.10 Å². The lowest BCUT2D eigenvalue weighted by atomic mass is 10.0.